The molecule has 0 saturated heterocycles. The molecule has 0 bridgehead atoms. The molecule has 1 aromatic carbocycles. The monoisotopic (exact) mass is 332 g/mol. The van der Waals surface area contributed by atoms with Crippen molar-refractivity contribution in [2.75, 3.05) is 33.9 Å². The third kappa shape index (κ3) is 5.36. The summed E-state index contributed by atoms with van der Waals surface area (Å²) in [4.78, 5) is 13.4. The zero-order chi connectivity index (χ0) is 17.4. The van der Waals surface area contributed by atoms with Crippen LogP contribution >= 0.6 is 0 Å². The molecule has 2 rings (SSSR count). The van der Waals surface area contributed by atoms with Gasteiger partial charge in [-0.25, -0.2) is 9.48 Å². The second kappa shape index (κ2) is 9.05. The maximum absolute atomic E-state index is 11.9. The minimum atomic E-state index is -0.685. The molecule has 1 aromatic heterocycles. The molecule has 1 heterocycles. The molecule has 0 spiro atoms. The normalized spacial score (nSPS) is 12.0. The standard InChI is InChI=1S/C17H24N4O3/c1-20(12-16(22)13-24-2)17(23)18-9-8-14-10-19-21(11-14)15-6-4-3-5-7-15/h3-7,10-11,16,22H,8-9,12-13H2,1-2H3,(H,18,23)/t16-/m1/s1. The van der Waals surface area contributed by atoms with E-state index in [1.807, 2.05) is 41.2 Å². The number of hydrogen-bond donors (Lipinski definition) is 2. The van der Waals surface area contributed by atoms with Gasteiger partial charge in [-0.15, -0.1) is 0 Å². The first-order chi connectivity index (χ1) is 11.6. The highest BCUT2D eigenvalue weighted by atomic mass is 16.5. The summed E-state index contributed by atoms with van der Waals surface area (Å²) in [6.07, 6.45) is 3.75. The number of aliphatic hydroxyl groups excluding tert-OH is 1. The van der Waals surface area contributed by atoms with Crippen LogP contribution in [-0.2, 0) is 11.2 Å². The van der Waals surface area contributed by atoms with E-state index in [4.69, 9.17) is 4.74 Å². The lowest BCUT2D eigenvalue weighted by atomic mass is 10.2. The van der Waals surface area contributed by atoms with Gasteiger partial charge >= 0.3 is 6.03 Å². The van der Waals surface area contributed by atoms with Crippen LogP contribution in [0.1, 0.15) is 5.56 Å². The topological polar surface area (TPSA) is 79.6 Å². The highest BCUT2D eigenvalue weighted by Crippen LogP contribution is 2.07. The van der Waals surface area contributed by atoms with Gasteiger partial charge in [0.2, 0.25) is 0 Å². The predicted octanol–water partition coefficient (Wildman–Crippen LogP) is 1.06. The molecule has 2 amide bonds. The molecule has 0 unspecified atom stereocenters. The molecule has 2 aromatic rings. The summed E-state index contributed by atoms with van der Waals surface area (Å²) in [7, 11) is 3.15. The van der Waals surface area contributed by atoms with Gasteiger partial charge in [-0.1, -0.05) is 18.2 Å². The Morgan fingerprint density at radius 3 is 2.88 bits per heavy atom. The largest absolute Gasteiger partial charge is 0.389 e. The lowest BCUT2D eigenvalue weighted by Crippen LogP contribution is -2.42. The number of para-hydroxylation sites is 1. The number of likely N-dealkylation sites (N-methyl/N-ethyl adjacent to an activating group) is 1. The number of nitrogens with one attached hydrogen (secondary N) is 1. The number of nitrogens with zero attached hydrogens (tertiary/aromatic N) is 3. The van der Waals surface area contributed by atoms with Crippen LogP contribution in [0.5, 0.6) is 0 Å². The maximum atomic E-state index is 11.9. The summed E-state index contributed by atoms with van der Waals surface area (Å²) in [6.45, 7) is 0.936. The van der Waals surface area contributed by atoms with Crippen LogP contribution in [-0.4, -0.2) is 65.8 Å². The maximum Gasteiger partial charge on any atom is 0.317 e. The zero-order valence-electron chi connectivity index (χ0n) is 14.1. The van der Waals surface area contributed by atoms with E-state index in [0.29, 0.717) is 13.0 Å². The van der Waals surface area contributed by atoms with Crippen LogP contribution in [0.2, 0.25) is 0 Å². The fraction of sp³-hybridized carbons (Fsp3) is 0.412. The van der Waals surface area contributed by atoms with Crippen LogP contribution in [0.25, 0.3) is 5.69 Å². The number of aromatic nitrogens is 2. The Morgan fingerprint density at radius 1 is 1.42 bits per heavy atom. The van der Waals surface area contributed by atoms with Crippen LogP contribution in [0.4, 0.5) is 4.79 Å². The van der Waals surface area contributed by atoms with Crippen molar-refractivity contribution < 1.29 is 14.6 Å². The SMILES string of the molecule is COC[C@H](O)CN(C)C(=O)NCCc1cnn(-c2ccccc2)c1. The Kier molecular flexibility index (Phi) is 6.77. The number of hydrogen-bond acceptors (Lipinski definition) is 4. The first-order valence-corrected chi connectivity index (χ1v) is 7.85. The number of aliphatic hydroxyl groups is 1. The molecule has 0 fully saturated rings. The molecule has 0 saturated carbocycles. The first kappa shape index (κ1) is 18.0. The minimum Gasteiger partial charge on any atom is -0.389 e. The van der Waals surface area contributed by atoms with E-state index in [2.05, 4.69) is 10.4 Å². The Labute approximate surface area is 141 Å². The molecule has 0 aliphatic carbocycles. The summed E-state index contributed by atoms with van der Waals surface area (Å²) in [5.41, 5.74) is 2.04. The molecule has 130 valence electrons. The molecule has 7 nitrogen and oxygen atoms in total. The highest BCUT2D eigenvalue weighted by molar-refractivity contribution is 5.73. The van der Waals surface area contributed by atoms with Crippen LogP contribution in [0, 0.1) is 0 Å². The second-order valence-electron chi connectivity index (χ2n) is 5.60. The van der Waals surface area contributed by atoms with Gasteiger partial charge in [-0.05, 0) is 24.1 Å². The number of benzene rings is 1. The van der Waals surface area contributed by atoms with Crippen molar-refractivity contribution in [2.45, 2.75) is 12.5 Å². The predicted molar refractivity (Wildman–Crippen MR) is 91.2 cm³/mol. The molecular formula is C17H24N4O3. The van der Waals surface area contributed by atoms with E-state index in [-0.39, 0.29) is 19.2 Å². The average Bonchev–Trinajstić information content (AvgIpc) is 3.04. The fourth-order valence-corrected chi connectivity index (χ4v) is 2.30. The van der Waals surface area contributed by atoms with Gasteiger partial charge in [0.1, 0.15) is 0 Å². The number of rotatable bonds is 8. The van der Waals surface area contributed by atoms with Gasteiger partial charge in [0.25, 0.3) is 0 Å². The van der Waals surface area contributed by atoms with Crippen molar-refractivity contribution in [3.63, 3.8) is 0 Å². The molecule has 0 aliphatic heterocycles. The van der Waals surface area contributed by atoms with Gasteiger partial charge in [0, 0.05) is 26.9 Å². The van der Waals surface area contributed by atoms with Crippen molar-refractivity contribution in [3.8, 4) is 5.69 Å². The van der Waals surface area contributed by atoms with Crippen LogP contribution in [0.3, 0.4) is 0 Å². The quantitative estimate of drug-likeness (QED) is 0.758. The Bertz CT molecular complexity index is 630. The Morgan fingerprint density at radius 2 is 2.17 bits per heavy atom. The van der Waals surface area contributed by atoms with E-state index in [0.717, 1.165) is 11.3 Å². The molecular weight excluding hydrogens is 308 g/mol. The Balaban J connectivity index is 1.76. The van der Waals surface area contributed by atoms with Crippen LogP contribution < -0.4 is 5.32 Å². The van der Waals surface area contributed by atoms with Crippen molar-refractivity contribution >= 4 is 6.03 Å². The zero-order valence-corrected chi connectivity index (χ0v) is 14.1. The van der Waals surface area contributed by atoms with E-state index >= 15 is 0 Å². The first-order valence-electron chi connectivity index (χ1n) is 7.85. The summed E-state index contributed by atoms with van der Waals surface area (Å²) >= 11 is 0. The van der Waals surface area contributed by atoms with Crippen LogP contribution in [0.15, 0.2) is 42.7 Å². The van der Waals surface area contributed by atoms with Gasteiger partial charge in [-0.3, -0.25) is 0 Å². The van der Waals surface area contributed by atoms with Crippen molar-refractivity contribution in [1.82, 2.24) is 20.0 Å². The summed E-state index contributed by atoms with van der Waals surface area (Å²) in [5.74, 6) is 0. The van der Waals surface area contributed by atoms with E-state index in [1.165, 1.54) is 12.0 Å². The summed E-state index contributed by atoms with van der Waals surface area (Å²) in [6, 6.07) is 9.64. The number of methoxy groups -OCH3 is 1. The molecule has 2 N–H and O–H groups in total. The van der Waals surface area contributed by atoms with E-state index < -0.39 is 6.10 Å². The smallest absolute Gasteiger partial charge is 0.317 e. The lowest BCUT2D eigenvalue weighted by molar-refractivity contribution is 0.0490. The molecule has 7 heteroatoms. The highest BCUT2D eigenvalue weighted by Gasteiger charge is 2.13. The third-order valence-electron chi connectivity index (χ3n) is 3.54. The minimum absolute atomic E-state index is 0.205. The van der Waals surface area contributed by atoms with E-state index in [9.17, 15) is 9.90 Å². The molecule has 0 radical (unpaired) electrons. The van der Waals surface area contributed by atoms with Crippen molar-refractivity contribution in [2.24, 2.45) is 0 Å². The molecule has 0 aliphatic rings. The van der Waals surface area contributed by atoms with Gasteiger partial charge < -0.3 is 20.1 Å². The third-order valence-corrected chi connectivity index (χ3v) is 3.54. The Hall–Kier alpha value is -2.38. The van der Waals surface area contributed by atoms with Gasteiger partial charge in [-0.2, -0.15) is 5.10 Å². The number of carbonyl (C=O) groups is 1. The average molecular weight is 332 g/mol. The van der Waals surface area contributed by atoms with Gasteiger partial charge in [0.05, 0.1) is 31.1 Å². The second-order valence-corrected chi connectivity index (χ2v) is 5.60. The number of ether oxygens (including phenoxy) is 1. The number of carbonyl (C=O) groups excluding carboxylic acids is 1. The molecule has 1 atom stereocenters. The van der Waals surface area contributed by atoms with E-state index in [1.54, 1.807) is 13.2 Å². The van der Waals surface area contributed by atoms with Gasteiger partial charge in [0.15, 0.2) is 0 Å². The fourth-order valence-electron chi connectivity index (χ4n) is 2.30. The van der Waals surface area contributed by atoms with Crippen molar-refractivity contribution in [3.05, 3.63) is 48.3 Å². The summed E-state index contributed by atoms with van der Waals surface area (Å²) < 4.78 is 6.65. The number of amides is 2. The van der Waals surface area contributed by atoms with Crippen molar-refractivity contribution in [1.29, 1.82) is 0 Å². The summed E-state index contributed by atoms with van der Waals surface area (Å²) in [5, 5.41) is 16.8. The molecule has 24 heavy (non-hydrogen) atoms. The lowest BCUT2D eigenvalue weighted by Gasteiger charge is -2.20. The number of urea groups is 1.